The molecule has 4 N–H and O–H groups in total. The van der Waals surface area contributed by atoms with Crippen LogP contribution in [0.3, 0.4) is 0 Å². The van der Waals surface area contributed by atoms with Crippen LogP contribution < -0.4 is 11.1 Å². The van der Waals surface area contributed by atoms with Gasteiger partial charge in [0.1, 0.15) is 5.82 Å². The van der Waals surface area contributed by atoms with E-state index in [0.29, 0.717) is 5.56 Å². The Kier molecular flexibility index (Phi) is 3.52. The number of hydrogen-bond donors (Lipinski definition) is 3. The first-order chi connectivity index (χ1) is 9.72. The minimum absolute atomic E-state index is 0.0440. The van der Waals surface area contributed by atoms with Crippen molar-refractivity contribution in [3.05, 3.63) is 42.2 Å². The summed E-state index contributed by atoms with van der Waals surface area (Å²) in [5.74, 6) is 0.722. The molecule has 5 nitrogen and oxygen atoms in total. The average molecular weight is 270 g/mol. The van der Waals surface area contributed by atoms with Gasteiger partial charge in [-0.3, -0.25) is 4.79 Å². The van der Waals surface area contributed by atoms with Gasteiger partial charge in [0.05, 0.1) is 0 Å². The number of nitrogens with two attached hydrogens (primary N) is 1. The van der Waals surface area contributed by atoms with E-state index < -0.39 is 0 Å². The van der Waals surface area contributed by atoms with E-state index in [2.05, 4.69) is 15.3 Å². The molecular formula is C15H18N4O. The fourth-order valence-electron chi connectivity index (χ4n) is 2.65. The van der Waals surface area contributed by atoms with Gasteiger partial charge in [-0.05, 0) is 31.4 Å². The molecule has 0 saturated heterocycles. The van der Waals surface area contributed by atoms with Crippen LogP contribution >= 0.6 is 0 Å². The number of H-pyrrole nitrogens is 1. The first-order valence-corrected chi connectivity index (χ1v) is 6.88. The summed E-state index contributed by atoms with van der Waals surface area (Å²) in [7, 11) is 0. The molecule has 0 bridgehead atoms. The molecule has 1 aromatic carbocycles. The Bertz CT molecular complexity index is 594. The van der Waals surface area contributed by atoms with Crippen LogP contribution in [0.2, 0.25) is 0 Å². The summed E-state index contributed by atoms with van der Waals surface area (Å²) < 4.78 is 0. The zero-order valence-electron chi connectivity index (χ0n) is 11.2. The predicted octanol–water partition coefficient (Wildman–Crippen LogP) is 1.69. The molecule has 2 atom stereocenters. The number of aromatic amines is 1. The van der Waals surface area contributed by atoms with Crippen molar-refractivity contribution in [1.29, 1.82) is 0 Å². The van der Waals surface area contributed by atoms with Crippen molar-refractivity contribution in [2.45, 2.75) is 31.3 Å². The summed E-state index contributed by atoms with van der Waals surface area (Å²) in [5, 5.41) is 3.05. The Hall–Kier alpha value is -2.14. The van der Waals surface area contributed by atoms with Gasteiger partial charge in [0.25, 0.3) is 5.91 Å². The smallest absolute Gasteiger partial charge is 0.251 e. The van der Waals surface area contributed by atoms with Gasteiger partial charge in [-0.25, -0.2) is 4.98 Å². The molecule has 1 fully saturated rings. The molecule has 0 spiro atoms. The molecule has 104 valence electrons. The molecule has 1 amide bonds. The number of imidazole rings is 1. The lowest BCUT2D eigenvalue weighted by molar-refractivity contribution is 0.0938. The summed E-state index contributed by atoms with van der Waals surface area (Å²) >= 11 is 0. The van der Waals surface area contributed by atoms with Crippen molar-refractivity contribution in [3.8, 4) is 11.4 Å². The third kappa shape index (κ3) is 2.72. The van der Waals surface area contributed by atoms with Crippen LogP contribution in [0.15, 0.2) is 36.7 Å². The lowest BCUT2D eigenvalue weighted by atomic mass is 10.1. The molecule has 0 unspecified atom stereocenters. The second kappa shape index (κ2) is 5.46. The average Bonchev–Trinajstić information content (AvgIpc) is 3.11. The summed E-state index contributed by atoms with van der Waals surface area (Å²) in [6.45, 7) is 0. The van der Waals surface area contributed by atoms with Crippen LogP contribution in [0, 0.1) is 0 Å². The van der Waals surface area contributed by atoms with Crippen LogP contribution in [0.25, 0.3) is 11.4 Å². The van der Waals surface area contributed by atoms with Gasteiger partial charge in [-0.2, -0.15) is 0 Å². The standard InChI is InChI=1S/C15H18N4O/c16-12-4-5-13(9-12)19-15(20)11-3-1-2-10(8-11)14-17-6-7-18-14/h1-3,6-8,12-13H,4-5,9,16H2,(H,17,18)(H,19,20)/t12-,13-/m1/s1. The van der Waals surface area contributed by atoms with Crippen molar-refractivity contribution in [2.24, 2.45) is 5.73 Å². The second-order valence-corrected chi connectivity index (χ2v) is 5.26. The van der Waals surface area contributed by atoms with E-state index in [0.717, 1.165) is 30.7 Å². The number of benzene rings is 1. The maximum Gasteiger partial charge on any atom is 0.251 e. The number of rotatable bonds is 3. The Balaban J connectivity index is 1.73. The van der Waals surface area contributed by atoms with Gasteiger partial charge in [-0.1, -0.05) is 12.1 Å². The molecule has 0 radical (unpaired) electrons. The van der Waals surface area contributed by atoms with Gasteiger partial charge in [0, 0.05) is 35.6 Å². The molecule has 1 saturated carbocycles. The molecule has 2 aromatic rings. The quantitative estimate of drug-likeness (QED) is 0.793. The minimum atomic E-state index is -0.0440. The monoisotopic (exact) mass is 270 g/mol. The highest BCUT2D eigenvalue weighted by Gasteiger charge is 2.23. The van der Waals surface area contributed by atoms with E-state index >= 15 is 0 Å². The first kappa shape index (κ1) is 12.9. The number of nitrogens with one attached hydrogen (secondary N) is 2. The van der Waals surface area contributed by atoms with Crippen LogP contribution in [0.4, 0.5) is 0 Å². The third-order valence-electron chi connectivity index (χ3n) is 3.70. The largest absolute Gasteiger partial charge is 0.349 e. The minimum Gasteiger partial charge on any atom is -0.349 e. The van der Waals surface area contributed by atoms with Crippen LogP contribution in [-0.4, -0.2) is 28.0 Å². The number of aromatic nitrogens is 2. The lowest BCUT2D eigenvalue weighted by Crippen LogP contribution is -2.34. The van der Waals surface area contributed by atoms with E-state index in [1.807, 2.05) is 24.3 Å². The molecule has 0 aliphatic heterocycles. The number of amides is 1. The lowest BCUT2D eigenvalue weighted by Gasteiger charge is -2.12. The molecule has 1 aliphatic carbocycles. The molecule has 5 heteroatoms. The number of carbonyl (C=O) groups is 1. The topological polar surface area (TPSA) is 83.8 Å². The zero-order chi connectivity index (χ0) is 13.9. The number of nitrogens with zero attached hydrogens (tertiary/aromatic N) is 1. The third-order valence-corrected chi connectivity index (χ3v) is 3.70. The molecule has 20 heavy (non-hydrogen) atoms. The SMILES string of the molecule is N[C@@H]1CC[C@@H](NC(=O)c2cccc(-c3ncc[nH]3)c2)C1. The summed E-state index contributed by atoms with van der Waals surface area (Å²) in [6, 6.07) is 7.88. The van der Waals surface area contributed by atoms with Crippen molar-refractivity contribution in [2.75, 3.05) is 0 Å². The van der Waals surface area contributed by atoms with Gasteiger partial charge in [0.2, 0.25) is 0 Å². The molecule has 1 heterocycles. The second-order valence-electron chi connectivity index (χ2n) is 5.26. The Morgan fingerprint density at radius 1 is 1.40 bits per heavy atom. The van der Waals surface area contributed by atoms with Crippen LogP contribution in [0.1, 0.15) is 29.6 Å². The van der Waals surface area contributed by atoms with E-state index in [-0.39, 0.29) is 18.0 Å². The summed E-state index contributed by atoms with van der Waals surface area (Å²) in [5.41, 5.74) is 7.42. The van der Waals surface area contributed by atoms with Gasteiger partial charge in [0.15, 0.2) is 0 Å². The maximum absolute atomic E-state index is 12.2. The predicted molar refractivity (Wildman–Crippen MR) is 77.1 cm³/mol. The highest BCUT2D eigenvalue weighted by atomic mass is 16.1. The zero-order valence-corrected chi connectivity index (χ0v) is 11.2. The van der Waals surface area contributed by atoms with E-state index in [9.17, 15) is 4.79 Å². The van der Waals surface area contributed by atoms with Crippen molar-refractivity contribution in [1.82, 2.24) is 15.3 Å². The maximum atomic E-state index is 12.2. The Morgan fingerprint density at radius 2 is 2.30 bits per heavy atom. The Morgan fingerprint density at radius 3 is 3.00 bits per heavy atom. The van der Waals surface area contributed by atoms with Gasteiger partial charge in [-0.15, -0.1) is 0 Å². The number of hydrogen-bond acceptors (Lipinski definition) is 3. The van der Waals surface area contributed by atoms with Crippen molar-refractivity contribution < 1.29 is 4.79 Å². The molecule has 1 aromatic heterocycles. The summed E-state index contributed by atoms with van der Waals surface area (Å²) in [6.07, 6.45) is 6.27. The molecular weight excluding hydrogens is 252 g/mol. The highest BCUT2D eigenvalue weighted by molar-refractivity contribution is 5.95. The molecule has 1 aliphatic rings. The van der Waals surface area contributed by atoms with Crippen molar-refractivity contribution >= 4 is 5.91 Å². The normalized spacial score (nSPS) is 21.9. The van der Waals surface area contributed by atoms with E-state index in [1.165, 1.54) is 0 Å². The van der Waals surface area contributed by atoms with Gasteiger partial charge < -0.3 is 16.0 Å². The Labute approximate surface area is 117 Å². The van der Waals surface area contributed by atoms with Crippen LogP contribution in [-0.2, 0) is 0 Å². The number of carbonyl (C=O) groups excluding carboxylic acids is 1. The van der Waals surface area contributed by atoms with Crippen LogP contribution in [0.5, 0.6) is 0 Å². The van der Waals surface area contributed by atoms with Gasteiger partial charge >= 0.3 is 0 Å². The summed E-state index contributed by atoms with van der Waals surface area (Å²) in [4.78, 5) is 19.5. The molecule has 3 rings (SSSR count). The fraction of sp³-hybridized carbons (Fsp3) is 0.333. The first-order valence-electron chi connectivity index (χ1n) is 6.88. The van der Waals surface area contributed by atoms with E-state index in [4.69, 9.17) is 5.73 Å². The highest BCUT2D eigenvalue weighted by Crippen LogP contribution is 2.19. The fourth-order valence-corrected chi connectivity index (χ4v) is 2.65. The van der Waals surface area contributed by atoms with Crippen molar-refractivity contribution in [3.63, 3.8) is 0 Å². The van der Waals surface area contributed by atoms with E-state index in [1.54, 1.807) is 12.4 Å².